The van der Waals surface area contributed by atoms with Crippen LogP contribution in [0.25, 0.3) is 21.9 Å². The van der Waals surface area contributed by atoms with Crippen molar-refractivity contribution in [1.82, 2.24) is 10.6 Å². The molecule has 0 saturated heterocycles. The lowest BCUT2D eigenvalue weighted by molar-refractivity contribution is -0.128. The van der Waals surface area contributed by atoms with Gasteiger partial charge in [-0.2, -0.15) is 0 Å². The van der Waals surface area contributed by atoms with Crippen molar-refractivity contribution in [2.45, 2.75) is 78.3 Å². The second kappa shape index (κ2) is 22.2. The largest absolute Gasteiger partial charge is 0.507 e. The van der Waals surface area contributed by atoms with Gasteiger partial charge in [0.15, 0.2) is 36.6 Å². The third-order valence-corrected chi connectivity index (χ3v) is 8.91. The number of benzene rings is 2. The van der Waals surface area contributed by atoms with E-state index in [9.17, 15) is 29.1 Å². The summed E-state index contributed by atoms with van der Waals surface area (Å²) in [6.07, 6.45) is 4.97. The van der Waals surface area contributed by atoms with Gasteiger partial charge in [0.1, 0.15) is 40.1 Å². The number of methoxy groups -OCH3 is 1. The molecule has 1 aromatic heterocycles. The molecule has 4 amide bonds. The highest BCUT2D eigenvalue weighted by atomic mass is 16.5. The molecule has 2 atom stereocenters. The van der Waals surface area contributed by atoms with E-state index in [0.717, 1.165) is 11.1 Å². The number of aromatic hydroxyl groups is 1. The van der Waals surface area contributed by atoms with Crippen LogP contribution in [0.2, 0.25) is 0 Å². The molecule has 2 unspecified atom stereocenters. The first-order chi connectivity index (χ1) is 28.3. The van der Waals surface area contributed by atoms with Gasteiger partial charge in [0.25, 0.3) is 11.8 Å². The second-order valence-corrected chi connectivity index (χ2v) is 14.3. The van der Waals surface area contributed by atoms with E-state index >= 15 is 0 Å². The monoisotopic (exact) mass is 836 g/mol. The van der Waals surface area contributed by atoms with Crippen LogP contribution in [0.5, 0.6) is 23.0 Å². The van der Waals surface area contributed by atoms with Gasteiger partial charge in [-0.1, -0.05) is 23.3 Å². The number of amides is 4. The van der Waals surface area contributed by atoms with E-state index < -0.39 is 60.1 Å². The Morgan fingerprint density at radius 1 is 0.733 bits per heavy atom. The van der Waals surface area contributed by atoms with Crippen LogP contribution in [0.15, 0.2) is 54.6 Å². The third-order valence-electron chi connectivity index (χ3n) is 8.91. The average molecular weight is 837 g/mol. The van der Waals surface area contributed by atoms with Crippen molar-refractivity contribution >= 4 is 57.5 Å². The fourth-order valence-corrected chi connectivity index (χ4v) is 6.00. The molecule has 2 aromatic carbocycles. The molecule has 20 heteroatoms. The van der Waals surface area contributed by atoms with Crippen LogP contribution in [0, 0.1) is 0 Å². The normalized spacial score (nSPS) is 11.8. The molecule has 0 spiro atoms. The number of allylic oxidation sites excluding steroid dienone is 4. The van der Waals surface area contributed by atoms with Crippen LogP contribution in [0.3, 0.4) is 0 Å². The van der Waals surface area contributed by atoms with Crippen molar-refractivity contribution in [2.75, 3.05) is 33.4 Å². The molecule has 0 aliphatic carbocycles. The molecule has 3 aromatic rings. The zero-order valence-corrected chi connectivity index (χ0v) is 34.5. The fourth-order valence-electron chi connectivity index (χ4n) is 6.00. The number of carbonyl (C=O) groups excluding carboxylic acids is 4. The Hall–Kier alpha value is -6.99. The number of ether oxygens (including phenoxy) is 3. The molecule has 0 aliphatic rings. The molecule has 60 heavy (non-hydrogen) atoms. The van der Waals surface area contributed by atoms with Crippen molar-refractivity contribution in [2.24, 2.45) is 44.4 Å². The summed E-state index contributed by atoms with van der Waals surface area (Å²) < 4.78 is 23.8. The van der Waals surface area contributed by atoms with E-state index in [1.807, 2.05) is 33.8 Å². The van der Waals surface area contributed by atoms with Crippen LogP contribution in [-0.4, -0.2) is 86.2 Å². The summed E-state index contributed by atoms with van der Waals surface area (Å²) in [6, 6.07) is 0.675. The lowest BCUT2D eigenvalue weighted by Crippen LogP contribution is -2.46. The maximum absolute atomic E-state index is 14.5. The molecule has 1 heterocycles. The maximum Gasteiger partial charge on any atom is 0.258 e. The number of guanidine groups is 2. The van der Waals surface area contributed by atoms with Crippen molar-refractivity contribution < 1.29 is 42.9 Å². The minimum atomic E-state index is -1.04. The number of carbonyl (C=O) groups is 4. The van der Waals surface area contributed by atoms with Crippen molar-refractivity contribution in [3.63, 3.8) is 0 Å². The predicted octanol–water partition coefficient (Wildman–Crippen LogP) is 0.483. The van der Waals surface area contributed by atoms with E-state index in [1.165, 1.54) is 19.2 Å². The zero-order chi connectivity index (χ0) is 44.7. The SMILES string of the molecule is COc1c(OCC(=O)NC(CCCN=C(N)N)C(N)=O)cc2oc3cc(OCC(=O)NC(CCCN=C(N)N)C(N)=O)c(CC=C(C)C)c(O)c3c(=O)c2c1CC=C(C)C. The lowest BCUT2D eigenvalue weighted by atomic mass is 9.98. The molecule has 0 fully saturated rings. The fraction of sp³-hybridized carbons (Fsp3) is 0.425. The maximum atomic E-state index is 14.5. The summed E-state index contributed by atoms with van der Waals surface area (Å²) in [5.74, 6) is -3.39. The van der Waals surface area contributed by atoms with Crippen LogP contribution in [-0.2, 0) is 32.0 Å². The van der Waals surface area contributed by atoms with Crippen molar-refractivity contribution in [1.29, 1.82) is 0 Å². The Labute approximate surface area is 346 Å². The van der Waals surface area contributed by atoms with Gasteiger partial charge in [-0.3, -0.25) is 34.0 Å². The molecule has 15 N–H and O–H groups in total. The molecule has 0 saturated carbocycles. The van der Waals surface area contributed by atoms with Gasteiger partial charge in [-0.15, -0.1) is 0 Å². The van der Waals surface area contributed by atoms with Crippen LogP contribution < -0.4 is 64.7 Å². The summed E-state index contributed by atoms with van der Waals surface area (Å²) in [7, 11) is 1.37. The number of hydrogen-bond donors (Lipinski definition) is 9. The number of aliphatic imine (C=N–C) groups is 2. The molecule has 0 radical (unpaired) electrons. The average Bonchev–Trinajstić information content (AvgIpc) is 3.16. The minimum absolute atomic E-state index is 0.0146. The van der Waals surface area contributed by atoms with E-state index in [2.05, 4.69) is 20.6 Å². The predicted molar refractivity (Wildman–Crippen MR) is 228 cm³/mol. The standard InChI is InChI=1S/C40H56N10O10/c1-20(2)10-12-22-26(58-18-30(51)49-24(37(41)55)8-6-14-47-39(43)44)16-28-33(34(22)53)35(54)32-23(13-11-21(3)4)36(57-5)29(17-27(32)60-28)59-19-31(52)50-25(38(42)56)9-7-15-48-40(45)46/h10-11,16-17,24-25,53H,6-9,12-15,18-19H2,1-5H3,(H2,41,55)(H2,42,56)(H,49,51)(H,50,52)(H4,43,44,47)(H4,45,46,48). The van der Waals surface area contributed by atoms with Gasteiger partial charge >= 0.3 is 0 Å². The number of hydrogen-bond acceptors (Lipinski definition) is 12. The molecule has 326 valence electrons. The van der Waals surface area contributed by atoms with E-state index in [4.69, 9.17) is 53.0 Å². The number of phenols is 1. The highest BCUT2D eigenvalue weighted by Crippen LogP contribution is 2.41. The Bertz CT molecular complexity index is 2250. The smallest absolute Gasteiger partial charge is 0.258 e. The minimum Gasteiger partial charge on any atom is -0.507 e. The molecule has 0 aliphatic heterocycles. The van der Waals surface area contributed by atoms with Crippen LogP contribution in [0.1, 0.15) is 64.5 Å². The zero-order valence-electron chi connectivity index (χ0n) is 34.5. The summed E-state index contributed by atoms with van der Waals surface area (Å²) in [6.45, 7) is 6.70. The first-order valence-corrected chi connectivity index (χ1v) is 19.0. The lowest BCUT2D eigenvalue weighted by Gasteiger charge is -2.19. The molecular weight excluding hydrogens is 780 g/mol. The number of primary amides is 2. The van der Waals surface area contributed by atoms with Crippen LogP contribution >= 0.6 is 0 Å². The summed E-state index contributed by atoms with van der Waals surface area (Å²) in [5.41, 5.74) is 34.1. The van der Waals surface area contributed by atoms with E-state index in [1.54, 1.807) is 6.08 Å². The highest BCUT2D eigenvalue weighted by molar-refractivity contribution is 5.98. The second-order valence-electron chi connectivity index (χ2n) is 14.3. The van der Waals surface area contributed by atoms with E-state index in [0.29, 0.717) is 18.4 Å². The third kappa shape index (κ3) is 13.6. The van der Waals surface area contributed by atoms with Gasteiger partial charge in [0.2, 0.25) is 17.2 Å². The summed E-state index contributed by atoms with van der Waals surface area (Å²) in [4.78, 5) is 72.4. The Morgan fingerprint density at radius 3 is 1.63 bits per heavy atom. The van der Waals surface area contributed by atoms with Crippen molar-refractivity contribution in [3.8, 4) is 23.0 Å². The number of nitrogens with zero attached hydrogens (tertiary/aromatic N) is 2. The first-order valence-electron chi connectivity index (χ1n) is 19.0. The summed E-state index contributed by atoms with van der Waals surface area (Å²) in [5, 5.41) is 16.7. The van der Waals surface area contributed by atoms with Gasteiger partial charge in [0.05, 0.1) is 12.5 Å². The number of nitrogens with two attached hydrogens (primary N) is 6. The van der Waals surface area contributed by atoms with Gasteiger partial charge in [-0.05, 0) is 66.2 Å². The topological polar surface area (TPSA) is 351 Å². The quantitative estimate of drug-likeness (QED) is 0.0206. The Balaban J connectivity index is 2.09. The molecule has 3 rings (SSSR count). The first kappa shape index (κ1) is 47.4. The molecule has 20 nitrogen and oxygen atoms in total. The van der Waals surface area contributed by atoms with Gasteiger partial charge < -0.3 is 68.8 Å². The number of phenolic OH excluding ortho intramolecular Hbond substituents is 1. The highest BCUT2D eigenvalue weighted by Gasteiger charge is 2.26. The Kier molecular flexibility index (Phi) is 17.6. The van der Waals surface area contributed by atoms with Crippen molar-refractivity contribution in [3.05, 3.63) is 56.8 Å². The van der Waals surface area contributed by atoms with Gasteiger partial charge in [-0.25, -0.2) is 0 Å². The number of nitrogens with one attached hydrogen (secondary N) is 2. The summed E-state index contributed by atoms with van der Waals surface area (Å²) >= 11 is 0. The Morgan fingerprint density at radius 2 is 1.18 bits per heavy atom. The number of fused-ring (bicyclic) bond motifs is 2. The van der Waals surface area contributed by atoms with E-state index in [-0.39, 0.29) is 95.4 Å². The van der Waals surface area contributed by atoms with Crippen LogP contribution in [0.4, 0.5) is 0 Å². The molecule has 0 bridgehead atoms. The van der Waals surface area contributed by atoms with Gasteiger partial charge in [0, 0.05) is 36.3 Å². The number of rotatable bonds is 23. The molecular formula is C40H56N10O10.